The molecule has 0 atom stereocenters. The van der Waals surface area contributed by atoms with Gasteiger partial charge in [-0.05, 0) is 39.2 Å². The van der Waals surface area contributed by atoms with Crippen molar-refractivity contribution in [3.8, 4) is 0 Å². The molecule has 1 saturated carbocycles. The Labute approximate surface area is 129 Å². The average molecular weight is 308 g/mol. The van der Waals surface area contributed by atoms with Crippen LogP contribution >= 0.6 is 12.2 Å². The van der Waals surface area contributed by atoms with E-state index in [0.29, 0.717) is 18.0 Å². The smallest absolute Gasteiger partial charge is 0.325 e. The fourth-order valence-electron chi connectivity index (χ4n) is 2.20. The predicted molar refractivity (Wildman–Crippen MR) is 84.4 cm³/mol. The summed E-state index contributed by atoms with van der Waals surface area (Å²) < 4.78 is 5.03. The Balaban J connectivity index is 2.38. The zero-order valence-electron chi connectivity index (χ0n) is 12.5. The minimum atomic E-state index is -0.279. The van der Waals surface area contributed by atoms with E-state index in [1.807, 2.05) is 18.7 Å². The predicted octanol–water partition coefficient (Wildman–Crippen LogP) is 1.26. The van der Waals surface area contributed by atoms with E-state index in [4.69, 9.17) is 22.7 Å². The lowest BCUT2D eigenvalue weighted by Gasteiger charge is -2.25. The summed E-state index contributed by atoms with van der Waals surface area (Å²) in [6.45, 7) is 6.07. The van der Waals surface area contributed by atoms with Gasteiger partial charge in [0.25, 0.3) is 0 Å². The first-order valence-electron chi connectivity index (χ1n) is 7.01. The minimum absolute atomic E-state index is 0.144. The van der Waals surface area contributed by atoms with E-state index in [0.717, 1.165) is 24.1 Å². The van der Waals surface area contributed by atoms with E-state index in [-0.39, 0.29) is 23.5 Å². The van der Waals surface area contributed by atoms with Gasteiger partial charge in [0, 0.05) is 6.04 Å². The molecule has 1 heterocycles. The summed E-state index contributed by atoms with van der Waals surface area (Å²) in [5.74, 6) is 0.305. The molecule has 1 aliphatic carbocycles. The van der Waals surface area contributed by atoms with Gasteiger partial charge in [0.05, 0.1) is 17.9 Å². The lowest BCUT2D eigenvalue weighted by Crippen LogP contribution is -2.36. The highest BCUT2D eigenvalue weighted by Crippen LogP contribution is 2.33. The first-order valence-corrected chi connectivity index (χ1v) is 7.42. The number of nitrogens with two attached hydrogens (primary N) is 1. The second kappa shape index (κ2) is 6.34. The topological polar surface area (TPSA) is 81.3 Å². The van der Waals surface area contributed by atoms with E-state index < -0.39 is 0 Å². The molecule has 1 aromatic rings. The van der Waals surface area contributed by atoms with Crippen LogP contribution in [0.4, 0.5) is 5.82 Å². The van der Waals surface area contributed by atoms with Gasteiger partial charge in [0.15, 0.2) is 5.82 Å². The molecule has 2 rings (SSSR count). The van der Waals surface area contributed by atoms with E-state index >= 15 is 0 Å². The summed E-state index contributed by atoms with van der Waals surface area (Å²) in [7, 11) is 0. The summed E-state index contributed by atoms with van der Waals surface area (Å²) in [4.78, 5) is 14.0. The van der Waals surface area contributed by atoms with Crippen LogP contribution in [0.2, 0.25) is 0 Å². The molecule has 0 bridgehead atoms. The molecular formula is C14H20N4O2S. The molecule has 0 aliphatic heterocycles. The number of ether oxygens (including phenoxy) is 1. The second-order valence-corrected chi connectivity index (χ2v) is 5.58. The maximum atomic E-state index is 11.8. The lowest BCUT2D eigenvalue weighted by molar-refractivity contribution is -0.141. The lowest BCUT2D eigenvalue weighted by atomic mass is 10.1. The average Bonchev–Trinajstić information content (AvgIpc) is 3.23. The fourth-order valence-corrected chi connectivity index (χ4v) is 2.45. The number of nitrogens with zero attached hydrogens (tertiary/aromatic N) is 3. The van der Waals surface area contributed by atoms with Gasteiger partial charge in [-0.2, -0.15) is 5.10 Å². The van der Waals surface area contributed by atoms with Crippen LogP contribution in [0, 0.1) is 13.8 Å². The van der Waals surface area contributed by atoms with Crippen LogP contribution in [0.3, 0.4) is 0 Å². The third-order valence-electron chi connectivity index (χ3n) is 3.55. The van der Waals surface area contributed by atoms with E-state index in [1.165, 1.54) is 0 Å². The van der Waals surface area contributed by atoms with Crippen molar-refractivity contribution >= 4 is 29.0 Å². The van der Waals surface area contributed by atoms with E-state index in [1.54, 1.807) is 6.92 Å². The molecule has 7 heteroatoms. The number of carbonyl (C=O) groups excluding carboxylic acids is 1. The summed E-state index contributed by atoms with van der Waals surface area (Å²) >= 11 is 5.15. The number of esters is 1. The van der Waals surface area contributed by atoms with Gasteiger partial charge in [-0.15, -0.1) is 5.10 Å². The van der Waals surface area contributed by atoms with Crippen LogP contribution in [0.5, 0.6) is 0 Å². The van der Waals surface area contributed by atoms with Crippen LogP contribution in [0.25, 0.3) is 0 Å². The highest BCUT2D eigenvalue weighted by molar-refractivity contribution is 7.80. The van der Waals surface area contributed by atoms with Crippen LogP contribution < -0.4 is 10.6 Å². The Kier molecular flexibility index (Phi) is 4.72. The summed E-state index contributed by atoms with van der Waals surface area (Å²) in [5, 5.41) is 8.38. The number of rotatable bonds is 6. The van der Waals surface area contributed by atoms with Gasteiger partial charge >= 0.3 is 5.97 Å². The van der Waals surface area contributed by atoms with Gasteiger partial charge in [-0.25, -0.2) is 0 Å². The normalized spacial score (nSPS) is 13.9. The van der Waals surface area contributed by atoms with Crippen molar-refractivity contribution in [1.82, 2.24) is 10.2 Å². The Hall–Kier alpha value is -1.76. The molecule has 1 aromatic heterocycles. The van der Waals surface area contributed by atoms with E-state index in [2.05, 4.69) is 10.2 Å². The number of aromatic nitrogens is 2. The number of anilines is 1. The monoisotopic (exact) mass is 308 g/mol. The zero-order chi connectivity index (χ0) is 15.6. The maximum Gasteiger partial charge on any atom is 0.325 e. The van der Waals surface area contributed by atoms with Crippen molar-refractivity contribution < 1.29 is 9.53 Å². The van der Waals surface area contributed by atoms with Crippen molar-refractivity contribution in [2.75, 3.05) is 18.1 Å². The third-order valence-corrected chi connectivity index (χ3v) is 3.75. The van der Waals surface area contributed by atoms with Gasteiger partial charge in [0.1, 0.15) is 11.5 Å². The molecule has 0 amide bonds. The molecule has 114 valence electrons. The second-order valence-electron chi connectivity index (χ2n) is 5.14. The van der Waals surface area contributed by atoms with Crippen molar-refractivity contribution in [2.24, 2.45) is 5.73 Å². The number of aryl methyl sites for hydroxylation is 1. The van der Waals surface area contributed by atoms with Gasteiger partial charge in [-0.3, -0.25) is 4.79 Å². The molecular weight excluding hydrogens is 288 g/mol. The molecule has 6 nitrogen and oxygen atoms in total. The first-order chi connectivity index (χ1) is 9.95. The van der Waals surface area contributed by atoms with Crippen molar-refractivity contribution in [2.45, 2.75) is 39.7 Å². The third kappa shape index (κ3) is 3.47. The van der Waals surface area contributed by atoms with Crippen molar-refractivity contribution in [3.63, 3.8) is 0 Å². The van der Waals surface area contributed by atoms with E-state index in [9.17, 15) is 4.79 Å². The first kappa shape index (κ1) is 15.6. The molecule has 0 radical (unpaired) electrons. The Morgan fingerprint density at radius 1 is 1.43 bits per heavy atom. The van der Waals surface area contributed by atoms with Crippen LogP contribution in [0.1, 0.15) is 36.6 Å². The molecule has 1 aliphatic rings. The van der Waals surface area contributed by atoms with Crippen molar-refractivity contribution in [1.29, 1.82) is 0 Å². The Morgan fingerprint density at radius 2 is 2.10 bits per heavy atom. The molecule has 21 heavy (non-hydrogen) atoms. The summed E-state index contributed by atoms with van der Waals surface area (Å²) in [6, 6.07) is 0.277. The highest BCUT2D eigenvalue weighted by Gasteiger charge is 2.34. The Bertz CT molecular complexity index is 572. The van der Waals surface area contributed by atoms with Crippen LogP contribution in [0.15, 0.2) is 0 Å². The number of carbonyl (C=O) groups is 1. The SMILES string of the molecule is CCOC(=O)CN(c1nnc(C)c(C)c1C(N)=S)C1CC1. The van der Waals surface area contributed by atoms with Crippen molar-refractivity contribution in [3.05, 3.63) is 16.8 Å². The fraction of sp³-hybridized carbons (Fsp3) is 0.571. The molecule has 0 aromatic carbocycles. The minimum Gasteiger partial charge on any atom is -0.465 e. The number of hydrogen-bond donors (Lipinski definition) is 1. The quantitative estimate of drug-likeness (QED) is 0.626. The Morgan fingerprint density at radius 3 is 2.62 bits per heavy atom. The molecule has 0 saturated heterocycles. The molecule has 0 spiro atoms. The zero-order valence-corrected chi connectivity index (χ0v) is 13.4. The largest absolute Gasteiger partial charge is 0.465 e. The molecule has 1 fully saturated rings. The standard InChI is InChI=1S/C14H20N4O2S/c1-4-20-11(19)7-18(10-5-6-10)14-12(13(15)21)8(2)9(3)16-17-14/h10H,4-7H2,1-3H3,(H2,15,21). The summed E-state index contributed by atoms with van der Waals surface area (Å²) in [5.41, 5.74) is 8.25. The maximum absolute atomic E-state index is 11.8. The molecule has 0 unspecified atom stereocenters. The number of thiocarbonyl (C=S) groups is 1. The van der Waals surface area contributed by atoms with Crippen LogP contribution in [-0.2, 0) is 9.53 Å². The van der Waals surface area contributed by atoms with Gasteiger partial charge in [0.2, 0.25) is 0 Å². The molecule has 2 N–H and O–H groups in total. The van der Waals surface area contributed by atoms with Crippen LogP contribution in [-0.4, -0.2) is 40.3 Å². The van der Waals surface area contributed by atoms with Gasteiger partial charge < -0.3 is 15.4 Å². The number of hydrogen-bond acceptors (Lipinski definition) is 6. The highest BCUT2D eigenvalue weighted by atomic mass is 32.1. The summed E-state index contributed by atoms with van der Waals surface area (Å²) in [6.07, 6.45) is 2.04. The van der Waals surface area contributed by atoms with Gasteiger partial charge in [-0.1, -0.05) is 12.2 Å².